The van der Waals surface area contributed by atoms with E-state index in [0.717, 1.165) is 36.4 Å². The lowest BCUT2D eigenvalue weighted by Crippen LogP contribution is -2.46. The number of halogens is 7. The van der Waals surface area contributed by atoms with Gasteiger partial charge in [-0.3, -0.25) is 0 Å². The van der Waals surface area contributed by atoms with E-state index in [1.54, 1.807) is 67.6 Å². The first kappa shape index (κ1) is 63.4. The van der Waals surface area contributed by atoms with E-state index in [1.165, 1.54) is 32.3 Å². The number of H-pyrrole nitrogens is 1. The number of ether oxygens (including phenoxy) is 5. The highest BCUT2D eigenvalue weighted by molar-refractivity contribution is 14.1. The van der Waals surface area contributed by atoms with Gasteiger partial charge in [-0.05, 0) is 128 Å². The molecule has 79 heavy (non-hydrogen) atoms. The molecule has 7 aromatic rings. The normalized spacial score (nSPS) is 22.8. The Labute approximate surface area is 493 Å². The number of fused-ring (bicyclic) bond motifs is 2. The molecule has 0 spiro atoms. The smallest absolute Gasteiger partial charge is 0.451 e. The number of benzene rings is 3. The van der Waals surface area contributed by atoms with Crippen molar-refractivity contribution in [3.05, 3.63) is 150 Å². The summed E-state index contributed by atoms with van der Waals surface area (Å²) in [7, 11) is -8.10. The van der Waals surface area contributed by atoms with E-state index in [1.807, 2.05) is 68.1 Å². The topological polar surface area (TPSA) is 213 Å². The van der Waals surface area contributed by atoms with Crippen LogP contribution in [0.1, 0.15) is 91.7 Å². The average molecular weight is 1400 g/mol. The minimum absolute atomic E-state index is 0.0161. The molecule has 6 heterocycles. The van der Waals surface area contributed by atoms with Crippen LogP contribution in [0.2, 0.25) is 29.9 Å². The second-order valence-electron chi connectivity index (χ2n) is 19.4. The van der Waals surface area contributed by atoms with Gasteiger partial charge in [0.05, 0.1) is 39.7 Å². The maximum atomic E-state index is 12.9. The Morgan fingerprint density at radius 3 is 1.63 bits per heavy atom. The monoisotopic (exact) mass is 1390 g/mol. The van der Waals surface area contributed by atoms with Crippen molar-refractivity contribution >= 4 is 127 Å². The summed E-state index contributed by atoms with van der Waals surface area (Å²) < 4.78 is 93.5. The molecule has 4 aromatic heterocycles. The third-order valence-electron chi connectivity index (χ3n) is 12.9. The second-order valence-corrected chi connectivity index (χ2v) is 28.7. The number of alkyl halides is 3. The van der Waals surface area contributed by atoms with Gasteiger partial charge in [-0.25, -0.2) is 34.3 Å². The SMILES string of the molecule is CC[C@H]1O[C@@H](OC(=O)c2ccccc2)[C@](C)(OC(=O)c2ccccc2)C1C.CC[C@H]1O[C@@H](n2cc(I)c3c(Cl)ncnc32)[C@](C)(OC(=O)c2ccccc2)C1C.C[Si](C)(C)OS(=O)(=O)C(F)(F)F.Clc1ncnc2[nH]cc(I)c12. The number of rotatable bonds is 11. The first-order valence-corrected chi connectivity index (χ1v) is 32.2. The summed E-state index contributed by atoms with van der Waals surface area (Å²) in [4.78, 5) is 57.4. The van der Waals surface area contributed by atoms with Crippen LogP contribution in [0.5, 0.6) is 0 Å². The van der Waals surface area contributed by atoms with Gasteiger partial charge in [0.1, 0.15) is 34.3 Å². The molecule has 0 aliphatic carbocycles. The number of hydrogen-bond donors (Lipinski definition) is 1. The molecule has 2 aliphatic heterocycles. The Bertz CT molecular complexity index is 3350. The van der Waals surface area contributed by atoms with E-state index in [9.17, 15) is 36.0 Å². The molecule has 424 valence electrons. The average Bonchev–Trinajstić information content (AvgIpc) is 4.33. The third kappa shape index (κ3) is 15.0. The molecule has 9 rings (SSSR count). The van der Waals surface area contributed by atoms with Gasteiger partial charge in [-0.15, -0.1) is 0 Å². The molecule has 0 bridgehead atoms. The number of aromatic amines is 1. The highest BCUT2D eigenvalue weighted by atomic mass is 127. The number of esters is 3. The minimum Gasteiger partial charge on any atom is -0.451 e. The van der Waals surface area contributed by atoms with Crippen molar-refractivity contribution in [3.63, 3.8) is 0 Å². The summed E-state index contributed by atoms with van der Waals surface area (Å²) in [6.45, 7) is 15.8. The fraction of sp³-hybridized carbons (Fsp3) is 0.377. The van der Waals surface area contributed by atoms with Crippen LogP contribution in [-0.4, -0.2) is 99.3 Å². The first-order valence-electron chi connectivity index (χ1n) is 24.5. The standard InChI is InChI=1S/C22H24O5.C21H21ClIN3O3.C6H3ClIN3.C4H9F3O3SSi/c1-4-18-15(2)22(3,27-20(24)17-13-9-6-10-14-17)21(25-18)26-19(23)16-11-7-5-8-12-16;1-4-15-12(2)21(3,29-19(27)13-8-6-5-7-9-13)20(28-15)26-10-14(23)16-17(22)24-11-25-18(16)26;7-5-4-3(8)1-9-6(4)11-2-10-5;1-12(2,3)10-11(8,9)4(5,6)7/h5-15,18,21H,4H2,1-3H3;5-12,15,20H,4H2,1-3H3;1-2H,(H,9,10,11);1-3H3/t15?,18-,21+,22-;12?,15-,20-,21-;;/m11../s1. The van der Waals surface area contributed by atoms with Gasteiger partial charge >= 0.3 is 33.5 Å². The van der Waals surface area contributed by atoms with E-state index in [2.05, 4.69) is 87.8 Å². The molecule has 0 amide bonds. The van der Waals surface area contributed by atoms with E-state index in [-0.39, 0.29) is 30.0 Å². The summed E-state index contributed by atoms with van der Waals surface area (Å²) in [6, 6.07) is 26.5. The number of nitrogens with one attached hydrogen (secondary N) is 1. The molecule has 2 saturated heterocycles. The molecule has 8 atom stereocenters. The van der Waals surface area contributed by atoms with Gasteiger partial charge in [0, 0.05) is 31.4 Å². The zero-order chi connectivity index (χ0) is 58.3. The predicted octanol–water partition coefficient (Wildman–Crippen LogP) is 13.4. The molecule has 0 saturated carbocycles. The van der Waals surface area contributed by atoms with Crippen LogP contribution in [0.4, 0.5) is 13.2 Å². The van der Waals surface area contributed by atoms with Crippen LogP contribution in [0.25, 0.3) is 22.1 Å². The molecule has 3 aromatic carbocycles. The molecular weight excluding hydrogens is 1340 g/mol. The van der Waals surface area contributed by atoms with Gasteiger partial charge in [-0.1, -0.05) is 105 Å². The fourth-order valence-corrected chi connectivity index (χ4v) is 13.8. The van der Waals surface area contributed by atoms with Crippen molar-refractivity contribution in [1.29, 1.82) is 0 Å². The van der Waals surface area contributed by atoms with Crippen LogP contribution in [0.15, 0.2) is 116 Å². The Balaban J connectivity index is 0.000000185. The molecule has 2 unspecified atom stereocenters. The zero-order valence-corrected chi connectivity index (χ0v) is 51.8. The van der Waals surface area contributed by atoms with E-state index < -0.39 is 59.6 Å². The maximum absolute atomic E-state index is 12.9. The molecule has 2 fully saturated rings. The Hall–Kier alpha value is -4.81. The van der Waals surface area contributed by atoms with Crippen molar-refractivity contribution in [1.82, 2.24) is 29.5 Å². The number of aromatic nitrogens is 6. The lowest BCUT2D eigenvalue weighted by Gasteiger charge is -2.34. The zero-order valence-electron chi connectivity index (χ0n) is 44.1. The minimum atomic E-state index is -5.39. The maximum Gasteiger partial charge on any atom is 0.522 e. The third-order valence-corrected chi connectivity index (χ3v) is 18.6. The molecular formula is C53H57Cl2F3I2N6O11SSi. The van der Waals surface area contributed by atoms with Crippen molar-refractivity contribution < 1.29 is 63.5 Å². The van der Waals surface area contributed by atoms with Crippen LogP contribution < -0.4 is 0 Å². The van der Waals surface area contributed by atoms with Crippen molar-refractivity contribution in [2.24, 2.45) is 11.8 Å². The van der Waals surface area contributed by atoms with E-state index >= 15 is 0 Å². The number of carbonyl (C=O) groups is 3. The van der Waals surface area contributed by atoms with Crippen LogP contribution in [-0.2, 0) is 37.7 Å². The Morgan fingerprint density at radius 2 is 1.16 bits per heavy atom. The van der Waals surface area contributed by atoms with Crippen LogP contribution in [0.3, 0.4) is 0 Å². The van der Waals surface area contributed by atoms with Gasteiger partial charge in [0.15, 0.2) is 17.4 Å². The Morgan fingerprint density at radius 1 is 0.709 bits per heavy atom. The van der Waals surface area contributed by atoms with Gasteiger partial charge < -0.3 is 37.1 Å². The van der Waals surface area contributed by atoms with Gasteiger partial charge in [0.25, 0.3) is 0 Å². The fourth-order valence-electron chi connectivity index (χ4n) is 8.53. The lowest BCUT2D eigenvalue weighted by molar-refractivity contribution is -0.169. The number of carbonyl (C=O) groups excluding carboxylic acids is 3. The van der Waals surface area contributed by atoms with E-state index in [0.29, 0.717) is 32.6 Å². The van der Waals surface area contributed by atoms with E-state index in [4.69, 9.17) is 46.9 Å². The summed E-state index contributed by atoms with van der Waals surface area (Å²) in [6.07, 6.45) is 6.44. The second kappa shape index (κ2) is 26.4. The van der Waals surface area contributed by atoms with Crippen molar-refractivity contribution in [2.45, 2.75) is 115 Å². The van der Waals surface area contributed by atoms with Crippen molar-refractivity contribution in [3.8, 4) is 0 Å². The largest absolute Gasteiger partial charge is 0.522 e. The molecule has 0 radical (unpaired) electrons. The number of nitrogens with zero attached hydrogens (tertiary/aromatic N) is 5. The Kier molecular flexibility index (Phi) is 21.2. The lowest BCUT2D eigenvalue weighted by atomic mass is 9.86. The molecule has 26 heteroatoms. The van der Waals surface area contributed by atoms with Gasteiger partial charge in [-0.2, -0.15) is 21.6 Å². The summed E-state index contributed by atoms with van der Waals surface area (Å²) in [5.41, 5.74) is -4.47. The summed E-state index contributed by atoms with van der Waals surface area (Å²) >= 11 is 16.5. The molecule has 1 N–H and O–H groups in total. The van der Waals surface area contributed by atoms with Crippen molar-refractivity contribution in [2.75, 3.05) is 0 Å². The summed E-state index contributed by atoms with van der Waals surface area (Å²) in [5.74, 6) is -1.50. The summed E-state index contributed by atoms with van der Waals surface area (Å²) in [5, 5.41) is 2.55. The van der Waals surface area contributed by atoms with Gasteiger partial charge in [0.2, 0.25) is 14.6 Å². The molecule has 17 nitrogen and oxygen atoms in total. The highest BCUT2D eigenvalue weighted by Crippen LogP contribution is 2.48. The van der Waals surface area contributed by atoms with Crippen LogP contribution >= 0.6 is 68.4 Å². The quantitative estimate of drug-likeness (QED) is 0.0318. The molecule has 2 aliphatic rings. The van der Waals surface area contributed by atoms with Crippen LogP contribution in [0, 0.1) is 19.0 Å². The highest BCUT2D eigenvalue weighted by Gasteiger charge is 2.57. The number of hydrogen-bond acceptors (Lipinski definition) is 15. The first-order chi connectivity index (χ1) is 37.1. The predicted molar refractivity (Wildman–Crippen MR) is 310 cm³/mol.